The summed E-state index contributed by atoms with van der Waals surface area (Å²) in [5.74, 6) is 4.67. The number of rotatable bonds is 6. The van der Waals surface area contributed by atoms with Gasteiger partial charge in [0.15, 0.2) is 0 Å². The predicted octanol–water partition coefficient (Wildman–Crippen LogP) is 3.33. The fourth-order valence-electron chi connectivity index (χ4n) is 0.976. The molecule has 0 spiro atoms. The third-order valence-electron chi connectivity index (χ3n) is 2.09. The lowest BCUT2D eigenvalue weighted by molar-refractivity contribution is 0.621. The zero-order chi connectivity index (χ0) is 9.56. The van der Waals surface area contributed by atoms with Crippen molar-refractivity contribution in [2.45, 2.75) is 40.5 Å². The summed E-state index contributed by atoms with van der Waals surface area (Å²) in [6, 6.07) is 0. The summed E-state index contributed by atoms with van der Waals surface area (Å²) in [4.78, 5) is 0. The molecular formula is C11H25S+. The first-order chi connectivity index (χ1) is 5.52. The molecule has 0 saturated heterocycles. The van der Waals surface area contributed by atoms with Crippen molar-refractivity contribution in [1.82, 2.24) is 0 Å². The fraction of sp³-hybridized carbons (Fsp3) is 1.00. The van der Waals surface area contributed by atoms with Gasteiger partial charge in [-0.05, 0) is 35.6 Å². The summed E-state index contributed by atoms with van der Waals surface area (Å²) < 4.78 is 0. The quantitative estimate of drug-likeness (QED) is 0.562. The third kappa shape index (κ3) is 8.45. The third-order valence-corrected chi connectivity index (χ3v) is 3.95. The Balaban J connectivity index is 3.27. The van der Waals surface area contributed by atoms with Crippen LogP contribution >= 0.6 is 0 Å². The van der Waals surface area contributed by atoms with Crippen LogP contribution < -0.4 is 0 Å². The van der Waals surface area contributed by atoms with Crippen LogP contribution in [0.2, 0.25) is 0 Å². The normalized spacial score (nSPS) is 12.0. The van der Waals surface area contributed by atoms with Crippen LogP contribution in [0.4, 0.5) is 0 Å². The Kier molecular flexibility index (Phi) is 7.02. The molecule has 12 heavy (non-hydrogen) atoms. The first kappa shape index (κ1) is 12.3. The van der Waals surface area contributed by atoms with E-state index in [1.807, 2.05) is 0 Å². The lowest BCUT2D eigenvalue weighted by atomic mass is 10.2. The van der Waals surface area contributed by atoms with Crippen molar-refractivity contribution >= 4 is 10.9 Å². The summed E-state index contributed by atoms with van der Waals surface area (Å²) >= 11 is 0. The molecule has 0 fully saturated rings. The van der Waals surface area contributed by atoms with Gasteiger partial charge in [0.2, 0.25) is 0 Å². The first-order valence-corrected chi connectivity index (χ1v) is 7.08. The fourth-order valence-corrected chi connectivity index (χ4v) is 2.93. The van der Waals surface area contributed by atoms with E-state index in [1.54, 1.807) is 0 Å². The second-order valence-electron chi connectivity index (χ2n) is 4.55. The Hall–Kier alpha value is 0.350. The monoisotopic (exact) mass is 189 g/mol. The number of hydrogen-bond acceptors (Lipinski definition) is 0. The lowest BCUT2D eigenvalue weighted by Gasteiger charge is -2.07. The largest absolute Gasteiger partial charge is 0.108 e. The van der Waals surface area contributed by atoms with E-state index in [4.69, 9.17) is 0 Å². The van der Waals surface area contributed by atoms with E-state index in [9.17, 15) is 0 Å². The molecule has 0 bridgehead atoms. The molecule has 1 heteroatoms. The van der Waals surface area contributed by atoms with E-state index in [1.165, 1.54) is 24.3 Å². The van der Waals surface area contributed by atoms with Crippen LogP contribution in [0.15, 0.2) is 0 Å². The van der Waals surface area contributed by atoms with Crippen molar-refractivity contribution in [3.05, 3.63) is 0 Å². The molecule has 0 aliphatic carbocycles. The Labute approximate surface area is 81.5 Å². The standard InChI is InChI=1S/C11H25S/c1-10(2)6-8-12(5)9-7-11(3)4/h10-11H,6-9H2,1-5H3/q+1. The van der Waals surface area contributed by atoms with Gasteiger partial charge in [0.25, 0.3) is 0 Å². The minimum Gasteiger partial charge on any atom is -0.0626 e. The Morgan fingerprint density at radius 2 is 1.17 bits per heavy atom. The SMILES string of the molecule is CC(C)CC[S+](C)CCC(C)C. The molecule has 0 unspecified atom stereocenters. The van der Waals surface area contributed by atoms with Gasteiger partial charge in [-0.15, -0.1) is 0 Å². The van der Waals surface area contributed by atoms with E-state index in [0.29, 0.717) is 10.9 Å². The summed E-state index contributed by atoms with van der Waals surface area (Å²) in [6.45, 7) is 9.28. The molecule has 0 rings (SSSR count). The van der Waals surface area contributed by atoms with Crippen LogP contribution in [0.5, 0.6) is 0 Å². The van der Waals surface area contributed by atoms with E-state index in [2.05, 4.69) is 34.0 Å². The molecule has 0 saturated carbocycles. The topological polar surface area (TPSA) is 0 Å². The second-order valence-corrected chi connectivity index (χ2v) is 6.93. The van der Waals surface area contributed by atoms with Crippen molar-refractivity contribution in [2.24, 2.45) is 11.8 Å². The van der Waals surface area contributed by atoms with E-state index >= 15 is 0 Å². The second kappa shape index (κ2) is 6.82. The highest BCUT2D eigenvalue weighted by Gasteiger charge is 2.11. The van der Waals surface area contributed by atoms with E-state index in [-0.39, 0.29) is 0 Å². The highest BCUT2D eigenvalue weighted by molar-refractivity contribution is 7.96. The summed E-state index contributed by atoms with van der Waals surface area (Å²) in [5, 5.41) is 0. The molecule has 0 aliphatic rings. The van der Waals surface area contributed by atoms with Gasteiger partial charge in [-0.2, -0.15) is 0 Å². The van der Waals surface area contributed by atoms with Gasteiger partial charge in [0.1, 0.15) is 11.5 Å². The van der Waals surface area contributed by atoms with Crippen LogP contribution in [-0.4, -0.2) is 17.8 Å². The van der Waals surface area contributed by atoms with Crippen molar-refractivity contribution in [2.75, 3.05) is 17.8 Å². The van der Waals surface area contributed by atoms with Gasteiger partial charge in [0.05, 0.1) is 6.26 Å². The summed E-state index contributed by atoms with van der Waals surface area (Å²) in [7, 11) is 0.689. The summed E-state index contributed by atoms with van der Waals surface area (Å²) in [6.07, 6.45) is 5.25. The van der Waals surface area contributed by atoms with E-state index < -0.39 is 0 Å². The van der Waals surface area contributed by atoms with Crippen LogP contribution in [0, 0.1) is 11.8 Å². The first-order valence-electron chi connectivity index (χ1n) is 5.11. The molecule has 0 N–H and O–H groups in total. The van der Waals surface area contributed by atoms with Gasteiger partial charge in [-0.1, -0.05) is 27.7 Å². The highest BCUT2D eigenvalue weighted by Crippen LogP contribution is 2.08. The minimum absolute atomic E-state index is 0.689. The molecule has 0 aliphatic heterocycles. The van der Waals surface area contributed by atoms with E-state index in [0.717, 1.165) is 11.8 Å². The van der Waals surface area contributed by atoms with Gasteiger partial charge >= 0.3 is 0 Å². The maximum absolute atomic E-state index is 2.42. The van der Waals surface area contributed by atoms with Crippen molar-refractivity contribution in [1.29, 1.82) is 0 Å². The highest BCUT2D eigenvalue weighted by atomic mass is 32.2. The molecule has 0 radical (unpaired) electrons. The zero-order valence-electron chi connectivity index (χ0n) is 9.39. The Morgan fingerprint density at radius 1 is 0.833 bits per heavy atom. The van der Waals surface area contributed by atoms with Gasteiger partial charge < -0.3 is 0 Å². The number of hydrogen-bond donors (Lipinski definition) is 0. The van der Waals surface area contributed by atoms with Crippen LogP contribution in [0.25, 0.3) is 0 Å². The molecule has 0 heterocycles. The Bertz CT molecular complexity index is 85.2. The maximum atomic E-state index is 2.42. The maximum Gasteiger partial charge on any atom is 0.108 e. The molecule has 0 amide bonds. The van der Waals surface area contributed by atoms with Crippen LogP contribution in [-0.2, 0) is 10.9 Å². The smallest absolute Gasteiger partial charge is 0.0626 e. The molecule has 0 aromatic heterocycles. The molecule has 74 valence electrons. The van der Waals surface area contributed by atoms with Crippen LogP contribution in [0.1, 0.15) is 40.5 Å². The Morgan fingerprint density at radius 3 is 1.42 bits per heavy atom. The van der Waals surface area contributed by atoms with Gasteiger partial charge in [0, 0.05) is 0 Å². The molecule has 0 atom stereocenters. The van der Waals surface area contributed by atoms with Crippen molar-refractivity contribution in [3.63, 3.8) is 0 Å². The van der Waals surface area contributed by atoms with Crippen molar-refractivity contribution in [3.8, 4) is 0 Å². The summed E-state index contributed by atoms with van der Waals surface area (Å²) in [5.41, 5.74) is 0. The predicted molar refractivity (Wildman–Crippen MR) is 61.9 cm³/mol. The van der Waals surface area contributed by atoms with Crippen LogP contribution in [0.3, 0.4) is 0 Å². The molecular weight excluding hydrogens is 164 g/mol. The minimum atomic E-state index is 0.689. The zero-order valence-corrected chi connectivity index (χ0v) is 10.2. The lowest BCUT2D eigenvalue weighted by Crippen LogP contribution is -2.13. The van der Waals surface area contributed by atoms with Crippen molar-refractivity contribution < 1.29 is 0 Å². The average molecular weight is 189 g/mol. The molecule has 0 nitrogen and oxygen atoms in total. The van der Waals surface area contributed by atoms with Gasteiger partial charge in [-0.3, -0.25) is 0 Å². The van der Waals surface area contributed by atoms with Gasteiger partial charge in [-0.25, -0.2) is 0 Å². The molecule has 0 aromatic rings. The average Bonchev–Trinajstić information content (AvgIpc) is 1.96. The molecule has 0 aromatic carbocycles.